The van der Waals surface area contributed by atoms with Gasteiger partial charge >= 0.3 is 0 Å². The maximum Gasteiger partial charge on any atom is 0.248 e. The Morgan fingerprint density at radius 1 is 1.30 bits per heavy atom. The van der Waals surface area contributed by atoms with E-state index < -0.39 is 6.04 Å². The van der Waals surface area contributed by atoms with Gasteiger partial charge < -0.3 is 19.7 Å². The quantitative estimate of drug-likeness (QED) is 0.912. The van der Waals surface area contributed by atoms with Gasteiger partial charge in [0.2, 0.25) is 11.8 Å². The zero-order chi connectivity index (χ0) is 16.6. The lowest BCUT2D eigenvalue weighted by Crippen LogP contribution is -2.48. The number of thioether (sulfide) groups is 1. The normalized spacial score (nSPS) is 26.1. The van der Waals surface area contributed by atoms with Crippen LogP contribution in [-0.2, 0) is 9.59 Å². The van der Waals surface area contributed by atoms with Crippen LogP contribution in [0.1, 0.15) is 19.8 Å². The van der Waals surface area contributed by atoms with Gasteiger partial charge in [0.25, 0.3) is 0 Å². The standard InChI is InChI=1S/C16H20N2O4S/c1-16-5-4-14(19)18(16)13(9-23-16)15(20)17-10-6-11(21-2)8-12(7-10)22-3/h6-8,13H,4-5,9H2,1-3H3,(H,17,20)/t13-,16+/m1/s1. The SMILES string of the molecule is COc1cc(NC(=O)[C@H]2CS[C@@]3(C)CCC(=O)N23)cc(OC)c1. The van der Waals surface area contributed by atoms with Crippen molar-refractivity contribution in [3.63, 3.8) is 0 Å². The Hall–Kier alpha value is -1.89. The lowest BCUT2D eigenvalue weighted by molar-refractivity contribution is -0.135. The monoisotopic (exact) mass is 336 g/mol. The Balaban J connectivity index is 1.78. The molecule has 2 saturated heterocycles. The Labute approximate surface area is 139 Å². The fourth-order valence-corrected chi connectivity index (χ4v) is 4.55. The van der Waals surface area contributed by atoms with Gasteiger partial charge in [0.15, 0.2) is 0 Å². The van der Waals surface area contributed by atoms with E-state index in [1.54, 1.807) is 49.1 Å². The first-order chi connectivity index (χ1) is 11.0. The molecule has 2 aliphatic heterocycles. The van der Waals surface area contributed by atoms with Gasteiger partial charge in [-0.25, -0.2) is 0 Å². The van der Waals surface area contributed by atoms with E-state index >= 15 is 0 Å². The van der Waals surface area contributed by atoms with E-state index in [0.717, 1.165) is 6.42 Å². The van der Waals surface area contributed by atoms with Gasteiger partial charge in [0.05, 0.1) is 19.1 Å². The number of benzene rings is 1. The molecule has 0 radical (unpaired) electrons. The topological polar surface area (TPSA) is 67.9 Å². The second-order valence-electron chi connectivity index (χ2n) is 5.86. The zero-order valence-electron chi connectivity index (χ0n) is 13.4. The molecule has 0 aliphatic carbocycles. The van der Waals surface area contributed by atoms with Crippen molar-refractivity contribution in [2.24, 2.45) is 0 Å². The maximum absolute atomic E-state index is 12.6. The van der Waals surface area contributed by atoms with Gasteiger partial charge in [-0.2, -0.15) is 0 Å². The van der Waals surface area contributed by atoms with Gasteiger partial charge in [-0.3, -0.25) is 9.59 Å². The van der Waals surface area contributed by atoms with Crippen LogP contribution in [0.3, 0.4) is 0 Å². The first-order valence-corrected chi connectivity index (χ1v) is 8.45. The summed E-state index contributed by atoms with van der Waals surface area (Å²) in [4.78, 5) is 26.3. The summed E-state index contributed by atoms with van der Waals surface area (Å²) in [6.45, 7) is 2.03. The third-order valence-corrected chi connectivity index (χ3v) is 5.87. The molecular formula is C16H20N2O4S. The summed E-state index contributed by atoms with van der Waals surface area (Å²) >= 11 is 1.68. The summed E-state index contributed by atoms with van der Waals surface area (Å²) in [7, 11) is 3.12. The third kappa shape index (κ3) is 2.85. The molecule has 0 unspecified atom stereocenters. The van der Waals surface area contributed by atoms with E-state index in [1.807, 2.05) is 6.92 Å². The smallest absolute Gasteiger partial charge is 0.248 e. The molecular weight excluding hydrogens is 316 g/mol. The zero-order valence-corrected chi connectivity index (χ0v) is 14.2. The lowest BCUT2D eigenvalue weighted by atomic mass is 10.2. The molecule has 2 heterocycles. The Bertz CT molecular complexity index is 629. The van der Waals surface area contributed by atoms with Crippen molar-refractivity contribution in [3.8, 4) is 11.5 Å². The molecule has 6 nitrogen and oxygen atoms in total. The molecule has 3 rings (SSSR count). The van der Waals surface area contributed by atoms with Crippen molar-refractivity contribution in [2.45, 2.75) is 30.7 Å². The molecule has 7 heteroatoms. The number of methoxy groups -OCH3 is 2. The number of rotatable bonds is 4. The second kappa shape index (κ2) is 5.96. The fourth-order valence-electron chi connectivity index (χ4n) is 3.12. The summed E-state index contributed by atoms with van der Waals surface area (Å²) in [5.74, 6) is 1.70. The molecule has 0 saturated carbocycles. The van der Waals surface area contributed by atoms with Crippen LogP contribution < -0.4 is 14.8 Å². The van der Waals surface area contributed by atoms with Crippen LogP contribution in [0.2, 0.25) is 0 Å². The molecule has 2 atom stereocenters. The van der Waals surface area contributed by atoms with Crippen molar-refractivity contribution in [2.75, 3.05) is 25.3 Å². The maximum atomic E-state index is 12.6. The Morgan fingerprint density at radius 3 is 2.57 bits per heavy atom. The van der Waals surface area contributed by atoms with Gasteiger partial charge in [-0.15, -0.1) is 11.8 Å². The first kappa shape index (κ1) is 16.0. The Morgan fingerprint density at radius 2 is 1.96 bits per heavy atom. The number of nitrogens with zero attached hydrogens (tertiary/aromatic N) is 1. The van der Waals surface area contributed by atoms with Gasteiger partial charge in [-0.05, 0) is 13.3 Å². The molecule has 0 spiro atoms. The lowest BCUT2D eigenvalue weighted by Gasteiger charge is -2.29. The minimum Gasteiger partial charge on any atom is -0.497 e. The van der Waals surface area contributed by atoms with E-state index in [9.17, 15) is 9.59 Å². The average molecular weight is 336 g/mol. The number of hydrogen-bond donors (Lipinski definition) is 1. The average Bonchev–Trinajstić information content (AvgIpc) is 3.03. The molecule has 23 heavy (non-hydrogen) atoms. The molecule has 2 amide bonds. The highest BCUT2D eigenvalue weighted by atomic mass is 32.2. The number of anilines is 1. The summed E-state index contributed by atoms with van der Waals surface area (Å²) in [5, 5.41) is 2.88. The molecule has 2 aliphatic rings. The number of hydrogen-bond acceptors (Lipinski definition) is 5. The van der Waals surface area contributed by atoms with E-state index in [2.05, 4.69) is 5.32 Å². The van der Waals surface area contributed by atoms with Crippen LogP contribution in [0, 0.1) is 0 Å². The van der Waals surface area contributed by atoms with E-state index in [-0.39, 0.29) is 16.7 Å². The third-order valence-electron chi connectivity index (χ3n) is 4.37. The highest BCUT2D eigenvalue weighted by molar-refractivity contribution is 8.01. The van der Waals surface area contributed by atoms with Crippen molar-refractivity contribution >= 4 is 29.3 Å². The molecule has 0 aromatic heterocycles. The fraction of sp³-hybridized carbons (Fsp3) is 0.500. The summed E-state index contributed by atoms with van der Waals surface area (Å²) in [6.07, 6.45) is 1.31. The highest BCUT2D eigenvalue weighted by Gasteiger charge is 2.52. The van der Waals surface area contributed by atoms with Crippen molar-refractivity contribution in [1.29, 1.82) is 0 Å². The van der Waals surface area contributed by atoms with Crippen molar-refractivity contribution in [3.05, 3.63) is 18.2 Å². The summed E-state index contributed by atoms with van der Waals surface area (Å²) < 4.78 is 10.4. The van der Waals surface area contributed by atoms with Gasteiger partial charge in [-0.1, -0.05) is 0 Å². The predicted molar refractivity (Wildman–Crippen MR) is 88.9 cm³/mol. The predicted octanol–water partition coefficient (Wildman–Crippen LogP) is 2.10. The highest BCUT2D eigenvalue weighted by Crippen LogP contribution is 2.47. The molecule has 1 aromatic rings. The first-order valence-electron chi connectivity index (χ1n) is 7.47. The number of amides is 2. The number of nitrogens with one attached hydrogen (secondary N) is 1. The van der Waals surface area contributed by atoms with Crippen LogP contribution in [-0.4, -0.2) is 47.6 Å². The number of ether oxygens (including phenoxy) is 2. The van der Waals surface area contributed by atoms with Crippen LogP contribution in [0.5, 0.6) is 11.5 Å². The van der Waals surface area contributed by atoms with Crippen molar-refractivity contribution < 1.29 is 19.1 Å². The number of fused-ring (bicyclic) bond motifs is 1. The molecule has 124 valence electrons. The largest absolute Gasteiger partial charge is 0.497 e. The molecule has 1 N–H and O–H groups in total. The summed E-state index contributed by atoms with van der Waals surface area (Å²) in [5.41, 5.74) is 0.594. The molecule has 2 fully saturated rings. The van der Waals surface area contributed by atoms with Gasteiger partial charge in [0, 0.05) is 36.1 Å². The molecule has 0 bridgehead atoms. The van der Waals surface area contributed by atoms with Crippen LogP contribution >= 0.6 is 11.8 Å². The number of carbonyl (C=O) groups excluding carboxylic acids is 2. The minimum absolute atomic E-state index is 0.0564. The van der Waals surface area contributed by atoms with Crippen LogP contribution in [0.25, 0.3) is 0 Å². The van der Waals surface area contributed by atoms with Crippen LogP contribution in [0.4, 0.5) is 5.69 Å². The van der Waals surface area contributed by atoms with Crippen LogP contribution in [0.15, 0.2) is 18.2 Å². The van der Waals surface area contributed by atoms with Crippen molar-refractivity contribution in [1.82, 2.24) is 4.90 Å². The summed E-state index contributed by atoms with van der Waals surface area (Å²) in [6, 6.07) is 4.76. The Kier molecular flexibility index (Phi) is 4.14. The van der Waals surface area contributed by atoms with E-state index in [1.165, 1.54) is 0 Å². The minimum atomic E-state index is -0.433. The second-order valence-corrected chi connectivity index (χ2v) is 7.36. The number of carbonyl (C=O) groups is 2. The van der Waals surface area contributed by atoms with E-state index in [4.69, 9.17) is 9.47 Å². The van der Waals surface area contributed by atoms with E-state index in [0.29, 0.717) is 29.4 Å². The van der Waals surface area contributed by atoms with Gasteiger partial charge in [0.1, 0.15) is 17.5 Å². The molecule has 1 aromatic carbocycles.